The van der Waals surface area contributed by atoms with Crippen LogP contribution in [-0.2, 0) is 4.79 Å². The number of carbonyl (C=O) groups is 2. The molecule has 0 aliphatic carbocycles. The number of rotatable bonds is 7. The highest BCUT2D eigenvalue weighted by atomic mass is 32.1. The van der Waals surface area contributed by atoms with Gasteiger partial charge in [-0.25, -0.2) is 14.1 Å². The van der Waals surface area contributed by atoms with Crippen LogP contribution in [-0.4, -0.2) is 39.7 Å². The van der Waals surface area contributed by atoms with E-state index in [2.05, 4.69) is 20.7 Å². The molecule has 2 aromatic heterocycles. The highest BCUT2D eigenvalue weighted by Gasteiger charge is 2.19. The maximum Gasteiger partial charge on any atom is 0.291 e. The average Bonchev–Trinajstić information content (AvgIpc) is 3.34. The SMILES string of the molecule is CC(C)C(=O)NCCNC(=O)c1nc(-c2cccs2)n(-c2cccc(F)c2)n1. The topological polar surface area (TPSA) is 88.9 Å². The van der Waals surface area contributed by atoms with Gasteiger partial charge in [0, 0.05) is 19.0 Å². The van der Waals surface area contributed by atoms with Crippen molar-refractivity contribution in [2.24, 2.45) is 5.92 Å². The molecule has 28 heavy (non-hydrogen) atoms. The summed E-state index contributed by atoms with van der Waals surface area (Å²) in [5.74, 6) is -0.638. The van der Waals surface area contributed by atoms with Gasteiger partial charge in [0.2, 0.25) is 11.7 Å². The molecular formula is C19H20FN5O2S. The Bertz CT molecular complexity index is 969. The Balaban J connectivity index is 1.78. The van der Waals surface area contributed by atoms with Crippen molar-refractivity contribution in [2.45, 2.75) is 13.8 Å². The number of aromatic nitrogens is 3. The lowest BCUT2D eigenvalue weighted by Crippen LogP contribution is -2.36. The minimum Gasteiger partial charge on any atom is -0.354 e. The van der Waals surface area contributed by atoms with Crippen molar-refractivity contribution in [3.8, 4) is 16.4 Å². The molecule has 3 rings (SSSR count). The number of amides is 2. The van der Waals surface area contributed by atoms with E-state index in [1.54, 1.807) is 26.0 Å². The summed E-state index contributed by atoms with van der Waals surface area (Å²) < 4.78 is 15.1. The van der Waals surface area contributed by atoms with Gasteiger partial charge in [-0.2, -0.15) is 0 Å². The fraction of sp³-hybridized carbons (Fsp3) is 0.263. The van der Waals surface area contributed by atoms with Crippen molar-refractivity contribution >= 4 is 23.2 Å². The number of benzene rings is 1. The molecule has 0 fully saturated rings. The van der Waals surface area contributed by atoms with Crippen molar-refractivity contribution in [3.63, 3.8) is 0 Å². The number of hydrogen-bond donors (Lipinski definition) is 2. The zero-order chi connectivity index (χ0) is 20.1. The number of hydrogen-bond acceptors (Lipinski definition) is 5. The van der Waals surface area contributed by atoms with Crippen molar-refractivity contribution in [2.75, 3.05) is 13.1 Å². The van der Waals surface area contributed by atoms with E-state index < -0.39 is 11.7 Å². The third kappa shape index (κ3) is 4.61. The van der Waals surface area contributed by atoms with Crippen LogP contribution in [0.3, 0.4) is 0 Å². The van der Waals surface area contributed by atoms with E-state index >= 15 is 0 Å². The van der Waals surface area contributed by atoms with E-state index in [-0.39, 0.29) is 24.2 Å². The lowest BCUT2D eigenvalue weighted by Gasteiger charge is -2.07. The summed E-state index contributed by atoms with van der Waals surface area (Å²) in [5.41, 5.74) is 0.471. The summed E-state index contributed by atoms with van der Waals surface area (Å²) in [5, 5.41) is 11.6. The molecule has 0 saturated carbocycles. The van der Waals surface area contributed by atoms with Crippen LogP contribution >= 0.6 is 11.3 Å². The van der Waals surface area contributed by atoms with Crippen LogP contribution in [0.25, 0.3) is 16.4 Å². The Kier molecular flexibility index (Phi) is 6.15. The first-order valence-corrected chi connectivity index (χ1v) is 9.66. The van der Waals surface area contributed by atoms with Crippen molar-refractivity contribution in [1.82, 2.24) is 25.4 Å². The Morgan fingerprint density at radius 3 is 2.64 bits per heavy atom. The maximum atomic E-state index is 13.6. The standard InChI is InChI=1S/C19H20FN5O2S/c1-12(2)18(26)21-8-9-22-19(27)16-23-17(15-7-4-10-28-15)25(24-16)14-6-3-5-13(20)11-14/h3-7,10-12H,8-9H2,1-2H3,(H,21,26)(H,22,27). The average molecular weight is 401 g/mol. The fourth-order valence-electron chi connectivity index (χ4n) is 2.41. The van der Waals surface area contributed by atoms with E-state index in [1.165, 1.54) is 28.2 Å². The molecule has 0 spiro atoms. The summed E-state index contributed by atoms with van der Waals surface area (Å²) in [6, 6.07) is 9.65. The molecule has 2 N–H and O–H groups in total. The van der Waals surface area contributed by atoms with Crippen LogP contribution in [0.1, 0.15) is 24.5 Å². The molecule has 0 unspecified atom stereocenters. The van der Waals surface area contributed by atoms with Gasteiger partial charge in [0.05, 0.1) is 10.6 Å². The molecule has 7 nitrogen and oxygen atoms in total. The molecule has 0 atom stereocenters. The highest BCUT2D eigenvalue weighted by molar-refractivity contribution is 7.13. The van der Waals surface area contributed by atoms with E-state index in [4.69, 9.17) is 0 Å². The van der Waals surface area contributed by atoms with Gasteiger partial charge in [-0.05, 0) is 29.6 Å². The van der Waals surface area contributed by atoms with Crippen molar-refractivity contribution in [3.05, 3.63) is 53.4 Å². The van der Waals surface area contributed by atoms with Gasteiger partial charge in [0.25, 0.3) is 5.91 Å². The molecule has 1 aromatic carbocycles. The lowest BCUT2D eigenvalue weighted by atomic mass is 10.2. The van der Waals surface area contributed by atoms with Gasteiger partial charge in [-0.1, -0.05) is 26.0 Å². The summed E-state index contributed by atoms with van der Waals surface area (Å²) in [6.45, 7) is 4.15. The van der Waals surface area contributed by atoms with Crippen LogP contribution in [0.2, 0.25) is 0 Å². The summed E-state index contributed by atoms with van der Waals surface area (Å²) in [4.78, 5) is 29.1. The summed E-state index contributed by atoms with van der Waals surface area (Å²) >= 11 is 1.45. The third-order valence-corrected chi connectivity index (χ3v) is 4.70. The fourth-order valence-corrected chi connectivity index (χ4v) is 3.10. The molecule has 9 heteroatoms. The Labute approximate surface area is 165 Å². The maximum absolute atomic E-state index is 13.6. The largest absolute Gasteiger partial charge is 0.354 e. The number of nitrogens with zero attached hydrogens (tertiary/aromatic N) is 3. The van der Waals surface area contributed by atoms with E-state index in [0.717, 1.165) is 4.88 Å². The second-order valence-corrected chi connectivity index (χ2v) is 7.28. The van der Waals surface area contributed by atoms with E-state index in [9.17, 15) is 14.0 Å². The molecule has 0 bridgehead atoms. The molecule has 146 valence electrons. The Morgan fingerprint density at radius 1 is 1.18 bits per heavy atom. The summed E-state index contributed by atoms with van der Waals surface area (Å²) in [7, 11) is 0. The predicted molar refractivity (Wildman–Crippen MR) is 105 cm³/mol. The van der Waals surface area contributed by atoms with Gasteiger partial charge < -0.3 is 10.6 Å². The molecule has 2 amide bonds. The molecule has 0 aliphatic rings. The van der Waals surface area contributed by atoms with Crippen molar-refractivity contribution in [1.29, 1.82) is 0 Å². The third-order valence-electron chi connectivity index (χ3n) is 3.84. The van der Waals surface area contributed by atoms with Crippen LogP contribution in [0.5, 0.6) is 0 Å². The minimum absolute atomic E-state index is 0.0251. The van der Waals surface area contributed by atoms with Gasteiger partial charge >= 0.3 is 0 Å². The number of nitrogens with one attached hydrogen (secondary N) is 2. The zero-order valence-electron chi connectivity index (χ0n) is 15.5. The number of carbonyl (C=O) groups excluding carboxylic acids is 2. The molecule has 0 aliphatic heterocycles. The highest BCUT2D eigenvalue weighted by Crippen LogP contribution is 2.25. The smallest absolute Gasteiger partial charge is 0.291 e. The van der Waals surface area contributed by atoms with Gasteiger partial charge in [-0.3, -0.25) is 9.59 Å². The second-order valence-electron chi connectivity index (χ2n) is 6.33. The zero-order valence-corrected chi connectivity index (χ0v) is 16.3. The first-order valence-electron chi connectivity index (χ1n) is 8.78. The Hall–Kier alpha value is -3.07. The van der Waals surface area contributed by atoms with Crippen molar-refractivity contribution < 1.29 is 14.0 Å². The van der Waals surface area contributed by atoms with Crippen LogP contribution in [0.4, 0.5) is 4.39 Å². The molecule has 3 aromatic rings. The molecule has 0 saturated heterocycles. The first-order chi connectivity index (χ1) is 13.5. The van der Waals surface area contributed by atoms with Gasteiger partial charge in [-0.15, -0.1) is 16.4 Å². The summed E-state index contributed by atoms with van der Waals surface area (Å²) in [6.07, 6.45) is 0. The quantitative estimate of drug-likeness (QED) is 0.596. The van der Waals surface area contributed by atoms with Gasteiger partial charge in [0.1, 0.15) is 5.82 Å². The van der Waals surface area contributed by atoms with Crippen LogP contribution in [0.15, 0.2) is 41.8 Å². The number of halogens is 1. The normalized spacial score (nSPS) is 10.9. The van der Waals surface area contributed by atoms with Crippen LogP contribution < -0.4 is 10.6 Å². The molecule has 0 radical (unpaired) electrons. The van der Waals surface area contributed by atoms with E-state index in [0.29, 0.717) is 18.1 Å². The first kappa shape index (κ1) is 19.7. The molecule has 2 heterocycles. The monoisotopic (exact) mass is 401 g/mol. The Morgan fingerprint density at radius 2 is 1.96 bits per heavy atom. The minimum atomic E-state index is -0.466. The lowest BCUT2D eigenvalue weighted by molar-refractivity contribution is -0.123. The second kappa shape index (κ2) is 8.75. The predicted octanol–water partition coefficient (Wildman–Crippen LogP) is 2.64. The van der Waals surface area contributed by atoms with Crippen LogP contribution in [0, 0.1) is 11.7 Å². The molecular weight excluding hydrogens is 381 g/mol. The van der Waals surface area contributed by atoms with E-state index in [1.807, 2.05) is 17.5 Å². The number of thiophene rings is 1. The van der Waals surface area contributed by atoms with Gasteiger partial charge in [0.15, 0.2) is 5.82 Å².